The highest BCUT2D eigenvalue weighted by molar-refractivity contribution is 7.98. The summed E-state index contributed by atoms with van der Waals surface area (Å²) >= 11 is 1.78. The van der Waals surface area contributed by atoms with E-state index in [4.69, 9.17) is 4.74 Å². The van der Waals surface area contributed by atoms with Crippen LogP contribution in [0.25, 0.3) is 0 Å². The Kier molecular flexibility index (Phi) is 6.53. The molecule has 0 radical (unpaired) electrons. The first-order valence-corrected chi connectivity index (χ1v) is 6.88. The summed E-state index contributed by atoms with van der Waals surface area (Å²) in [6, 6.07) is 8.75. The lowest BCUT2D eigenvalue weighted by Gasteiger charge is -2.16. The van der Waals surface area contributed by atoms with E-state index in [2.05, 4.69) is 42.5 Å². The zero-order valence-corrected chi connectivity index (χ0v) is 11.2. The van der Waals surface area contributed by atoms with E-state index < -0.39 is 0 Å². The van der Waals surface area contributed by atoms with Gasteiger partial charge in [-0.1, -0.05) is 12.1 Å². The van der Waals surface area contributed by atoms with Crippen LogP contribution in [0.15, 0.2) is 29.2 Å². The Hall–Kier alpha value is -0.510. The number of rotatable bonds is 7. The molecule has 1 aromatic rings. The average Bonchev–Trinajstić information content (AvgIpc) is 2.30. The van der Waals surface area contributed by atoms with Gasteiger partial charge in [-0.3, -0.25) is 4.90 Å². The van der Waals surface area contributed by atoms with Crippen molar-refractivity contribution in [3.05, 3.63) is 29.8 Å². The number of benzene rings is 1. The van der Waals surface area contributed by atoms with Crippen molar-refractivity contribution in [1.29, 1.82) is 0 Å². The lowest BCUT2D eigenvalue weighted by molar-refractivity contribution is 0.120. The fourth-order valence-corrected chi connectivity index (χ4v) is 1.89. The largest absolute Gasteiger partial charge is 0.380 e. The van der Waals surface area contributed by atoms with Gasteiger partial charge in [0, 0.05) is 24.6 Å². The molecule has 0 unspecified atom stereocenters. The summed E-state index contributed by atoms with van der Waals surface area (Å²) in [4.78, 5) is 3.60. The second-order valence-electron chi connectivity index (χ2n) is 3.78. The van der Waals surface area contributed by atoms with E-state index in [9.17, 15) is 0 Å². The Morgan fingerprint density at radius 2 is 1.94 bits per heavy atom. The van der Waals surface area contributed by atoms with Gasteiger partial charge in [-0.05, 0) is 37.9 Å². The second-order valence-corrected chi connectivity index (χ2v) is 4.66. The molecular weight excluding hydrogens is 218 g/mol. The predicted octanol–water partition coefficient (Wildman–Crippen LogP) is 2.88. The van der Waals surface area contributed by atoms with Gasteiger partial charge in [-0.15, -0.1) is 11.8 Å². The number of hydrogen-bond donors (Lipinski definition) is 0. The van der Waals surface area contributed by atoms with Gasteiger partial charge in [0.1, 0.15) is 0 Å². The van der Waals surface area contributed by atoms with Gasteiger partial charge >= 0.3 is 0 Å². The van der Waals surface area contributed by atoms with E-state index >= 15 is 0 Å². The van der Waals surface area contributed by atoms with E-state index in [1.165, 1.54) is 10.5 Å². The second kappa shape index (κ2) is 7.71. The van der Waals surface area contributed by atoms with Gasteiger partial charge in [0.2, 0.25) is 0 Å². The molecule has 0 aliphatic heterocycles. The lowest BCUT2D eigenvalue weighted by Crippen LogP contribution is -2.22. The van der Waals surface area contributed by atoms with Crippen molar-refractivity contribution in [3.63, 3.8) is 0 Å². The van der Waals surface area contributed by atoms with Crippen LogP contribution >= 0.6 is 11.8 Å². The maximum absolute atomic E-state index is 5.33. The van der Waals surface area contributed by atoms with Gasteiger partial charge in [-0.25, -0.2) is 0 Å². The molecule has 1 rings (SSSR count). The number of likely N-dealkylation sites (N-methyl/N-ethyl adjacent to an activating group) is 1. The Bertz CT molecular complexity index is 286. The number of nitrogens with zero attached hydrogens (tertiary/aromatic N) is 1. The van der Waals surface area contributed by atoms with E-state index in [1.807, 2.05) is 6.92 Å². The van der Waals surface area contributed by atoms with E-state index in [-0.39, 0.29) is 0 Å². The minimum absolute atomic E-state index is 0.802. The SMILES string of the molecule is CCOCCN(C)Cc1ccc(SC)cc1. The molecule has 0 fully saturated rings. The molecule has 3 heteroatoms. The number of ether oxygens (including phenoxy) is 1. The van der Waals surface area contributed by atoms with Crippen LogP contribution in [-0.2, 0) is 11.3 Å². The highest BCUT2D eigenvalue weighted by Crippen LogP contribution is 2.15. The molecule has 0 saturated heterocycles. The van der Waals surface area contributed by atoms with Crippen LogP contribution in [0.4, 0.5) is 0 Å². The summed E-state index contributed by atoms with van der Waals surface area (Å²) in [7, 11) is 2.13. The van der Waals surface area contributed by atoms with Crippen LogP contribution in [0.2, 0.25) is 0 Å². The number of thioether (sulfide) groups is 1. The van der Waals surface area contributed by atoms with Gasteiger partial charge < -0.3 is 4.74 Å². The summed E-state index contributed by atoms with van der Waals surface area (Å²) in [5.74, 6) is 0. The zero-order valence-electron chi connectivity index (χ0n) is 10.4. The minimum Gasteiger partial charge on any atom is -0.380 e. The topological polar surface area (TPSA) is 12.5 Å². The molecule has 0 N–H and O–H groups in total. The molecule has 90 valence electrons. The summed E-state index contributed by atoms with van der Waals surface area (Å²) in [6.07, 6.45) is 2.10. The molecule has 0 aliphatic rings. The van der Waals surface area contributed by atoms with E-state index in [1.54, 1.807) is 11.8 Å². The quantitative estimate of drug-likeness (QED) is 0.536. The van der Waals surface area contributed by atoms with Crippen LogP contribution in [0.3, 0.4) is 0 Å². The van der Waals surface area contributed by atoms with Crippen molar-refractivity contribution in [3.8, 4) is 0 Å². The first kappa shape index (κ1) is 13.6. The Morgan fingerprint density at radius 3 is 2.50 bits per heavy atom. The lowest BCUT2D eigenvalue weighted by atomic mass is 10.2. The average molecular weight is 239 g/mol. The minimum atomic E-state index is 0.802. The fourth-order valence-electron chi connectivity index (χ4n) is 1.49. The molecule has 0 atom stereocenters. The third-order valence-corrected chi connectivity index (χ3v) is 3.18. The molecule has 0 bridgehead atoms. The summed E-state index contributed by atoms with van der Waals surface area (Å²) in [5.41, 5.74) is 1.36. The summed E-state index contributed by atoms with van der Waals surface area (Å²) in [5, 5.41) is 0. The van der Waals surface area contributed by atoms with Crippen LogP contribution in [0, 0.1) is 0 Å². The van der Waals surface area contributed by atoms with Crippen molar-refractivity contribution in [2.45, 2.75) is 18.4 Å². The maximum Gasteiger partial charge on any atom is 0.0593 e. The maximum atomic E-state index is 5.33. The highest BCUT2D eigenvalue weighted by Gasteiger charge is 2.00. The predicted molar refractivity (Wildman–Crippen MR) is 71.1 cm³/mol. The molecule has 0 amide bonds. The smallest absolute Gasteiger partial charge is 0.0593 e. The first-order chi connectivity index (χ1) is 7.76. The van der Waals surface area contributed by atoms with Crippen molar-refractivity contribution < 1.29 is 4.74 Å². The standard InChI is InChI=1S/C13H21NOS/c1-4-15-10-9-14(2)11-12-5-7-13(16-3)8-6-12/h5-8H,4,9-11H2,1-3H3. The summed E-state index contributed by atoms with van der Waals surface area (Å²) < 4.78 is 5.33. The van der Waals surface area contributed by atoms with Gasteiger partial charge in [-0.2, -0.15) is 0 Å². The van der Waals surface area contributed by atoms with Crippen molar-refractivity contribution in [1.82, 2.24) is 4.90 Å². The third kappa shape index (κ3) is 5.01. The molecular formula is C13H21NOS. The van der Waals surface area contributed by atoms with Crippen molar-refractivity contribution >= 4 is 11.8 Å². The van der Waals surface area contributed by atoms with Gasteiger partial charge in [0.05, 0.1) is 6.61 Å². The van der Waals surface area contributed by atoms with Crippen LogP contribution < -0.4 is 0 Å². The Balaban J connectivity index is 2.34. The highest BCUT2D eigenvalue weighted by atomic mass is 32.2. The molecule has 16 heavy (non-hydrogen) atoms. The molecule has 0 aliphatic carbocycles. The zero-order chi connectivity index (χ0) is 11.8. The Labute approximate surface area is 103 Å². The van der Waals surface area contributed by atoms with Crippen LogP contribution in [0.5, 0.6) is 0 Å². The molecule has 0 spiro atoms. The first-order valence-electron chi connectivity index (χ1n) is 5.65. The summed E-state index contributed by atoms with van der Waals surface area (Å²) in [6.45, 7) is 5.62. The van der Waals surface area contributed by atoms with Crippen LogP contribution in [-0.4, -0.2) is 38.0 Å². The normalized spacial score (nSPS) is 11.0. The molecule has 0 heterocycles. The van der Waals surface area contributed by atoms with Crippen LogP contribution in [0.1, 0.15) is 12.5 Å². The monoisotopic (exact) mass is 239 g/mol. The number of hydrogen-bond acceptors (Lipinski definition) is 3. The fraction of sp³-hybridized carbons (Fsp3) is 0.538. The third-order valence-electron chi connectivity index (χ3n) is 2.43. The molecule has 2 nitrogen and oxygen atoms in total. The van der Waals surface area contributed by atoms with Gasteiger partial charge in [0.15, 0.2) is 0 Å². The molecule has 1 aromatic carbocycles. The van der Waals surface area contributed by atoms with Crippen molar-refractivity contribution in [2.24, 2.45) is 0 Å². The van der Waals surface area contributed by atoms with Gasteiger partial charge in [0.25, 0.3) is 0 Å². The molecule has 0 aromatic heterocycles. The van der Waals surface area contributed by atoms with Crippen molar-refractivity contribution in [2.75, 3.05) is 33.1 Å². The molecule has 0 saturated carbocycles. The van der Waals surface area contributed by atoms with E-state index in [0.717, 1.165) is 26.3 Å². The Morgan fingerprint density at radius 1 is 1.25 bits per heavy atom. The van der Waals surface area contributed by atoms with E-state index in [0.29, 0.717) is 0 Å².